The van der Waals surface area contributed by atoms with Gasteiger partial charge in [0.2, 0.25) is 0 Å². The van der Waals surface area contributed by atoms with E-state index in [9.17, 15) is 4.79 Å². The lowest BCUT2D eigenvalue weighted by Crippen LogP contribution is -2.46. The molecule has 1 aromatic rings. The molecule has 0 fully saturated rings. The van der Waals surface area contributed by atoms with Gasteiger partial charge < -0.3 is 15.4 Å². The number of anilines is 1. The third-order valence-electron chi connectivity index (χ3n) is 3.66. The second-order valence-corrected chi connectivity index (χ2v) is 5.45. The first kappa shape index (κ1) is 13.7. The Morgan fingerprint density at radius 1 is 1.42 bits per heavy atom. The molecule has 0 aliphatic carbocycles. The minimum absolute atomic E-state index is 0.0468. The van der Waals surface area contributed by atoms with Gasteiger partial charge in [0.15, 0.2) is 6.10 Å². The summed E-state index contributed by atoms with van der Waals surface area (Å²) in [5, 5.41) is 6.18. The summed E-state index contributed by atoms with van der Waals surface area (Å²) in [7, 11) is 0. The molecule has 2 atom stereocenters. The van der Waals surface area contributed by atoms with Crippen molar-refractivity contribution in [2.24, 2.45) is 11.8 Å². The molecule has 2 unspecified atom stereocenters. The maximum Gasteiger partial charge on any atom is 0.262 e. The Balaban J connectivity index is 1.89. The zero-order valence-corrected chi connectivity index (χ0v) is 11.8. The maximum atomic E-state index is 12.1. The standard InChI is InChI=1S/C15H22N2O2/c1-10(2)11(3)8-17-15(18)14-9-16-12-6-4-5-7-13(12)19-14/h4-7,10-11,14,16H,8-9H2,1-3H3,(H,17,18). The first-order chi connectivity index (χ1) is 9.08. The Morgan fingerprint density at radius 3 is 2.89 bits per heavy atom. The Hall–Kier alpha value is -1.71. The van der Waals surface area contributed by atoms with Crippen molar-refractivity contribution in [1.82, 2.24) is 5.32 Å². The topological polar surface area (TPSA) is 50.4 Å². The van der Waals surface area contributed by atoms with Crippen LogP contribution in [-0.4, -0.2) is 25.1 Å². The van der Waals surface area contributed by atoms with Crippen LogP contribution in [0, 0.1) is 11.8 Å². The number of hydrogen-bond donors (Lipinski definition) is 2. The molecule has 19 heavy (non-hydrogen) atoms. The van der Waals surface area contributed by atoms with Crippen molar-refractivity contribution < 1.29 is 9.53 Å². The maximum absolute atomic E-state index is 12.1. The Labute approximate surface area is 114 Å². The smallest absolute Gasteiger partial charge is 0.262 e. The molecule has 0 saturated carbocycles. The Bertz CT molecular complexity index is 446. The van der Waals surface area contributed by atoms with Gasteiger partial charge in [0.1, 0.15) is 5.75 Å². The van der Waals surface area contributed by atoms with Crippen molar-refractivity contribution >= 4 is 11.6 Å². The minimum atomic E-state index is -0.450. The van der Waals surface area contributed by atoms with Gasteiger partial charge in [-0.2, -0.15) is 0 Å². The molecule has 1 aromatic carbocycles. The lowest BCUT2D eigenvalue weighted by Gasteiger charge is -2.27. The van der Waals surface area contributed by atoms with Gasteiger partial charge in [-0.1, -0.05) is 32.9 Å². The molecule has 104 valence electrons. The van der Waals surface area contributed by atoms with E-state index in [1.165, 1.54) is 0 Å². The SMILES string of the molecule is CC(C)C(C)CNC(=O)C1CNc2ccccc2O1. The van der Waals surface area contributed by atoms with Gasteiger partial charge in [0.25, 0.3) is 5.91 Å². The molecule has 0 spiro atoms. The van der Waals surface area contributed by atoms with Crippen molar-refractivity contribution in [1.29, 1.82) is 0 Å². The molecule has 2 N–H and O–H groups in total. The summed E-state index contributed by atoms with van der Waals surface area (Å²) in [6.45, 7) is 7.66. The van der Waals surface area contributed by atoms with Gasteiger partial charge in [-0.25, -0.2) is 0 Å². The van der Waals surface area contributed by atoms with E-state index in [2.05, 4.69) is 31.4 Å². The molecule has 4 nitrogen and oxygen atoms in total. The van der Waals surface area contributed by atoms with Gasteiger partial charge in [-0.15, -0.1) is 0 Å². The second-order valence-electron chi connectivity index (χ2n) is 5.45. The summed E-state index contributed by atoms with van der Waals surface area (Å²) >= 11 is 0. The van der Waals surface area contributed by atoms with Crippen LogP contribution >= 0.6 is 0 Å². The van der Waals surface area contributed by atoms with E-state index in [0.717, 1.165) is 11.4 Å². The van der Waals surface area contributed by atoms with E-state index in [1.807, 2.05) is 24.3 Å². The van der Waals surface area contributed by atoms with Gasteiger partial charge in [0, 0.05) is 6.54 Å². The van der Waals surface area contributed by atoms with Crippen LogP contribution in [0.4, 0.5) is 5.69 Å². The lowest BCUT2D eigenvalue weighted by atomic mass is 9.98. The predicted octanol–water partition coefficient (Wildman–Crippen LogP) is 2.27. The molecular weight excluding hydrogens is 240 g/mol. The molecule has 2 rings (SSSR count). The highest BCUT2D eigenvalue weighted by Crippen LogP contribution is 2.28. The summed E-state index contributed by atoms with van der Waals surface area (Å²) in [5.74, 6) is 1.72. The summed E-state index contributed by atoms with van der Waals surface area (Å²) in [6.07, 6.45) is -0.450. The van der Waals surface area contributed by atoms with Crippen LogP contribution in [0.3, 0.4) is 0 Å². The molecule has 0 bridgehead atoms. The van der Waals surface area contributed by atoms with Gasteiger partial charge in [0.05, 0.1) is 12.2 Å². The number of para-hydroxylation sites is 2. The van der Waals surface area contributed by atoms with E-state index >= 15 is 0 Å². The molecule has 1 amide bonds. The molecular formula is C15H22N2O2. The average molecular weight is 262 g/mol. The number of benzene rings is 1. The Kier molecular flexibility index (Phi) is 4.30. The average Bonchev–Trinajstić information content (AvgIpc) is 2.43. The molecule has 1 aliphatic rings. The van der Waals surface area contributed by atoms with Crippen LogP contribution in [0.5, 0.6) is 5.75 Å². The fourth-order valence-electron chi connectivity index (χ4n) is 1.87. The van der Waals surface area contributed by atoms with Gasteiger partial charge in [-0.05, 0) is 24.0 Å². The van der Waals surface area contributed by atoms with E-state index in [-0.39, 0.29) is 5.91 Å². The largest absolute Gasteiger partial charge is 0.477 e. The zero-order chi connectivity index (χ0) is 13.8. The second kappa shape index (κ2) is 5.95. The number of hydrogen-bond acceptors (Lipinski definition) is 3. The number of carbonyl (C=O) groups excluding carboxylic acids is 1. The highest BCUT2D eigenvalue weighted by atomic mass is 16.5. The quantitative estimate of drug-likeness (QED) is 0.875. The summed E-state index contributed by atoms with van der Waals surface area (Å²) in [4.78, 5) is 12.1. The van der Waals surface area contributed by atoms with Crippen molar-refractivity contribution in [3.63, 3.8) is 0 Å². The van der Waals surface area contributed by atoms with E-state index < -0.39 is 6.10 Å². The molecule has 0 saturated heterocycles. The summed E-state index contributed by atoms with van der Waals surface area (Å²) in [5.41, 5.74) is 0.946. The number of fused-ring (bicyclic) bond motifs is 1. The number of rotatable bonds is 4. The van der Waals surface area contributed by atoms with Crippen LogP contribution < -0.4 is 15.4 Å². The highest BCUT2D eigenvalue weighted by Gasteiger charge is 2.25. The number of amides is 1. The third-order valence-corrected chi connectivity index (χ3v) is 3.66. The highest BCUT2D eigenvalue weighted by molar-refractivity contribution is 5.83. The molecule has 0 radical (unpaired) electrons. The third kappa shape index (κ3) is 3.40. The van der Waals surface area contributed by atoms with Crippen LogP contribution in [0.1, 0.15) is 20.8 Å². The first-order valence-corrected chi connectivity index (χ1v) is 6.85. The van der Waals surface area contributed by atoms with Crippen molar-refractivity contribution in [2.45, 2.75) is 26.9 Å². The number of nitrogens with one attached hydrogen (secondary N) is 2. The van der Waals surface area contributed by atoms with Crippen LogP contribution in [0.15, 0.2) is 24.3 Å². The van der Waals surface area contributed by atoms with Crippen LogP contribution in [-0.2, 0) is 4.79 Å². The molecule has 1 heterocycles. The van der Waals surface area contributed by atoms with Crippen molar-refractivity contribution in [3.05, 3.63) is 24.3 Å². The fraction of sp³-hybridized carbons (Fsp3) is 0.533. The first-order valence-electron chi connectivity index (χ1n) is 6.85. The van der Waals surface area contributed by atoms with Crippen LogP contribution in [0.2, 0.25) is 0 Å². The van der Waals surface area contributed by atoms with E-state index in [0.29, 0.717) is 24.9 Å². The summed E-state index contributed by atoms with van der Waals surface area (Å²) in [6, 6.07) is 7.67. The monoisotopic (exact) mass is 262 g/mol. The van der Waals surface area contributed by atoms with E-state index in [1.54, 1.807) is 0 Å². The zero-order valence-electron chi connectivity index (χ0n) is 11.8. The number of carbonyl (C=O) groups is 1. The van der Waals surface area contributed by atoms with Gasteiger partial charge in [-0.3, -0.25) is 4.79 Å². The lowest BCUT2D eigenvalue weighted by molar-refractivity contribution is -0.127. The van der Waals surface area contributed by atoms with Crippen LogP contribution in [0.25, 0.3) is 0 Å². The Morgan fingerprint density at radius 2 is 2.16 bits per heavy atom. The summed E-state index contributed by atoms with van der Waals surface area (Å²) < 4.78 is 5.71. The van der Waals surface area contributed by atoms with Crippen molar-refractivity contribution in [2.75, 3.05) is 18.4 Å². The number of ether oxygens (including phenoxy) is 1. The van der Waals surface area contributed by atoms with Gasteiger partial charge >= 0.3 is 0 Å². The van der Waals surface area contributed by atoms with E-state index in [4.69, 9.17) is 4.74 Å². The molecule has 0 aromatic heterocycles. The predicted molar refractivity (Wildman–Crippen MR) is 76.4 cm³/mol. The van der Waals surface area contributed by atoms with Crippen molar-refractivity contribution in [3.8, 4) is 5.75 Å². The fourth-order valence-corrected chi connectivity index (χ4v) is 1.87. The molecule has 4 heteroatoms. The normalized spacial score (nSPS) is 19.1. The molecule has 1 aliphatic heterocycles. The minimum Gasteiger partial charge on any atom is -0.477 e.